The molecular formula is C26H27N5O2. The average Bonchev–Trinajstić information content (AvgIpc) is 3.29. The van der Waals surface area contributed by atoms with Gasteiger partial charge in [-0.15, -0.1) is 0 Å². The van der Waals surface area contributed by atoms with Crippen molar-refractivity contribution in [1.29, 1.82) is 0 Å². The monoisotopic (exact) mass is 441 g/mol. The number of nitrogens with one attached hydrogen (secondary N) is 2. The maximum atomic E-state index is 13.1. The molecule has 0 saturated carbocycles. The number of piperidine rings is 1. The number of hydrogen-bond acceptors (Lipinski definition) is 5. The number of likely N-dealkylation sites (tertiary alicyclic amines) is 1. The zero-order chi connectivity index (χ0) is 22.6. The van der Waals surface area contributed by atoms with Gasteiger partial charge >= 0.3 is 0 Å². The summed E-state index contributed by atoms with van der Waals surface area (Å²) in [5.41, 5.74) is 4.63. The molecule has 1 amide bonds. The van der Waals surface area contributed by atoms with Gasteiger partial charge in [-0.3, -0.25) is 9.69 Å². The smallest absolute Gasteiger partial charge is 0.255 e. The van der Waals surface area contributed by atoms with Crippen LogP contribution in [0.15, 0.2) is 60.8 Å². The molecule has 1 fully saturated rings. The molecule has 7 heteroatoms. The second kappa shape index (κ2) is 9.42. The summed E-state index contributed by atoms with van der Waals surface area (Å²) in [7, 11) is 1.65. The lowest BCUT2D eigenvalue weighted by atomic mass is 10.1. The molecular weight excluding hydrogens is 414 g/mol. The van der Waals surface area contributed by atoms with Crippen molar-refractivity contribution in [2.24, 2.45) is 0 Å². The Morgan fingerprint density at radius 2 is 1.94 bits per heavy atom. The molecule has 0 atom stereocenters. The van der Waals surface area contributed by atoms with Gasteiger partial charge in [0.1, 0.15) is 11.6 Å². The Morgan fingerprint density at radius 1 is 1.09 bits per heavy atom. The Balaban J connectivity index is 1.37. The predicted octanol–water partition coefficient (Wildman–Crippen LogP) is 4.87. The molecule has 33 heavy (non-hydrogen) atoms. The van der Waals surface area contributed by atoms with E-state index in [0.717, 1.165) is 42.0 Å². The van der Waals surface area contributed by atoms with Gasteiger partial charge in [-0.1, -0.05) is 24.6 Å². The van der Waals surface area contributed by atoms with Crippen LogP contribution in [-0.4, -0.2) is 46.0 Å². The second-order valence-electron chi connectivity index (χ2n) is 8.32. The molecule has 0 aliphatic carbocycles. The number of carbonyl (C=O) groups is 1. The van der Waals surface area contributed by atoms with E-state index in [1.165, 1.54) is 19.3 Å². The first kappa shape index (κ1) is 21.2. The zero-order valence-electron chi connectivity index (χ0n) is 18.7. The van der Waals surface area contributed by atoms with Gasteiger partial charge in [-0.2, -0.15) is 0 Å². The number of ether oxygens (including phenoxy) is 1. The minimum absolute atomic E-state index is 0.195. The Morgan fingerprint density at radius 3 is 2.76 bits per heavy atom. The van der Waals surface area contributed by atoms with E-state index in [0.29, 0.717) is 22.7 Å². The van der Waals surface area contributed by atoms with Gasteiger partial charge in [0.25, 0.3) is 5.91 Å². The highest BCUT2D eigenvalue weighted by Crippen LogP contribution is 2.28. The number of rotatable bonds is 6. The van der Waals surface area contributed by atoms with Crippen LogP contribution in [0.25, 0.3) is 22.6 Å². The summed E-state index contributed by atoms with van der Waals surface area (Å²) in [6.45, 7) is 3.06. The van der Waals surface area contributed by atoms with E-state index in [1.54, 1.807) is 13.3 Å². The number of H-pyrrole nitrogens is 1. The first-order chi connectivity index (χ1) is 16.2. The lowest BCUT2D eigenvalue weighted by Gasteiger charge is -2.27. The lowest BCUT2D eigenvalue weighted by molar-refractivity contribution is 0.102. The molecule has 168 valence electrons. The van der Waals surface area contributed by atoms with Gasteiger partial charge < -0.3 is 15.0 Å². The molecule has 1 aliphatic heterocycles. The SMILES string of the molecule is COc1cc(C(=O)Nc2ccccc2-c2nc3ncccc3[nH]2)ccc1CN1CCCCC1. The third kappa shape index (κ3) is 4.59. The van der Waals surface area contributed by atoms with Crippen molar-refractivity contribution >= 4 is 22.8 Å². The fraction of sp³-hybridized carbons (Fsp3) is 0.269. The van der Waals surface area contributed by atoms with E-state index >= 15 is 0 Å². The maximum absolute atomic E-state index is 13.1. The summed E-state index contributed by atoms with van der Waals surface area (Å²) >= 11 is 0. The fourth-order valence-corrected chi connectivity index (χ4v) is 4.34. The number of pyridine rings is 1. The van der Waals surface area contributed by atoms with Crippen LogP contribution in [0.4, 0.5) is 5.69 Å². The molecule has 4 aromatic rings. The quantitative estimate of drug-likeness (QED) is 0.446. The maximum Gasteiger partial charge on any atom is 0.255 e. The van der Waals surface area contributed by atoms with Crippen LogP contribution in [0.1, 0.15) is 35.2 Å². The molecule has 7 nitrogen and oxygen atoms in total. The van der Waals surface area contributed by atoms with E-state index in [-0.39, 0.29) is 5.91 Å². The van der Waals surface area contributed by atoms with E-state index in [1.807, 2.05) is 54.6 Å². The van der Waals surface area contributed by atoms with Crippen molar-refractivity contribution < 1.29 is 9.53 Å². The number of methoxy groups -OCH3 is 1. The third-order valence-electron chi connectivity index (χ3n) is 6.08. The standard InChI is InChI=1S/C26H27N5O2/c1-33-23-16-18(11-12-19(23)17-31-14-5-2-6-15-31)26(32)29-21-9-4-3-8-20(21)24-28-22-10-7-13-27-25(22)30-24/h3-4,7-13,16H,2,5-6,14-15,17H2,1H3,(H,29,32)(H,27,28,30). The van der Waals surface area contributed by atoms with Crippen molar-refractivity contribution in [1.82, 2.24) is 19.9 Å². The van der Waals surface area contributed by atoms with Crippen molar-refractivity contribution in [3.63, 3.8) is 0 Å². The second-order valence-corrected chi connectivity index (χ2v) is 8.32. The van der Waals surface area contributed by atoms with Crippen molar-refractivity contribution in [3.05, 3.63) is 71.9 Å². The number of amides is 1. The molecule has 1 saturated heterocycles. The van der Waals surface area contributed by atoms with Crippen LogP contribution < -0.4 is 10.1 Å². The van der Waals surface area contributed by atoms with Gasteiger partial charge in [0.2, 0.25) is 0 Å². The summed E-state index contributed by atoms with van der Waals surface area (Å²) in [5, 5.41) is 3.04. The highest BCUT2D eigenvalue weighted by atomic mass is 16.5. The van der Waals surface area contributed by atoms with Crippen molar-refractivity contribution in [2.45, 2.75) is 25.8 Å². The number of anilines is 1. The molecule has 0 radical (unpaired) electrons. The van der Waals surface area contributed by atoms with Gasteiger partial charge in [-0.25, -0.2) is 9.97 Å². The normalized spacial score (nSPS) is 14.3. The van der Waals surface area contributed by atoms with Gasteiger partial charge in [0.15, 0.2) is 5.65 Å². The number of aromatic nitrogens is 3. The number of fused-ring (bicyclic) bond motifs is 1. The largest absolute Gasteiger partial charge is 0.496 e. The Bertz CT molecular complexity index is 1240. The summed E-state index contributed by atoms with van der Waals surface area (Å²) < 4.78 is 5.63. The Kier molecular flexibility index (Phi) is 6.04. The highest BCUT2D eigenvalue weighted by molar-refractivity contribution is 6.06. The number of benzene rings is 2. The molecule has 0 spiro atoms. The van der Waals surface area contributed by atoms with E-state index in [9.17, 15) is 4.79 Å². The first-order valence-corrected chi connectivity index (χ1v) is 11.3. The van der Waals surface area contributed by atoms with Crippen LogP contribution >= 0.6 is 0 Å². The number of imidazole rings is 1. The summed E-state index contributed by atoms with van der Waals surface area (Å²) in [4.78, 5) is 27.7. The summed E-state index contributed by atoms with van der Waals surface area (Å²) in [6.07, 6.45) is 5.49. The molecule has 2 aromatic heterocycles. The molecule has 0 bridgehead atoms. The highest BCUT2D eigenvalue weighted by Gasteiger charge is 2.17. The van der Waals surface area contributed by atoms with Crippen LogP contribution in [0.2, 0.25) is 0 Å². The lowest BCUT2D eigenvalue weighted by Crippen LogP contribution is -2.29. The fourth-order valence-electron chi connectivity index (χ4n) is 4.34. The molecule has 2 N–H and O–H groups in total. The van der Waals surface area contributed by atoms with Crippen LogP contribution in [0.5, 0.6) is 5.75 Å². The number of aromatic amines is 1. The number of hydrogen-bond donors (Lipinski definition) is 2. The van der Waals surface area contributed by atoms with Gasteiger partial charge in [0.05, 0.1) is 18.3 Å². The van der Waals surface area contributed by atoms with Crippen LogP contribution in [-0.2, 0) is 6.54 Å². The minimum Gasteiger partial charge on any atom is -0.496 e. The molecule has 5 rings (SSSR count). The average molecular weight is 442 g/mol. The Labute approximate surface area is 192 Å². The molecule has 0 unspecified atom stereocenters. The summed E-state index contributed by atoms with van der Waals surface area (Å²) in [6, 6.07) is 17.1. The van der Waals surface area contributed by atoms with Crippen molar-refractivity contribution in [3.8, 4) is 17.1 Å². The topological polar surface area (TPSA) is 83.1 Å². The van der Waals surface area contributed by atoms with Crippen LogP contribution in [0.3, 0.4) is 0 Å². The first-order valence-electron chi connectivity index (χ1n) is 11.3. The molecule has 3 heterocycles. The van der Waals surface area contributed by atoms with Crippen molar-refractivity contribution in [2.75, 3.05) is 25.5 Å². The summed E-state index contributed by atoms with van der Waals surface area (Å²) in [5.74, 6) is 1.21. The zero-order valence-corrected chi connectivity index (χ0v) is 18.7. The predicted molar refractivity (Wildman–Crippen MR) is 129 cm³/mol. The van der Waals surface area contributed by atoms with Gasteiger partial charge in [-0.05, 0) is 62.3 Å². The molecule has 2 aromatic carbocycles. The van der Waals surface area contributed by atoms with Gasteiger partial charge in [0, 0.05) is 29.4 Å². The Hall–Kier alpha value is -3.71. The van der Waals surface area contributed by atoms with Crippen LogP contribution in [0, 0.1) is 0 Å². The number of nitrogens with zero attached hydrogens (tertiary/aromatic N) is 3. The van der Waals surface area contributed by atoms with E-state index in [4.69, 9.17) is 4.74 Å². The third-order valence-corrected chi connectivity index (χ3v) is 6.08. The number of carbonyl (C=O) groups excluding carboxylic acids is 1. The van der Waals surface area contributed by atoms with E-state index in [2.05, 4.69) is 25.2 Å². The number of para-hydroxylation sites is 1. The minimum atomic E-state index is -0.195. The van der Waals surface area contributed by atoms with E-state index < -0.39 is 0 Å². The molecule has 1 aliphatic rings.